The molecule has 3 aromatic heterocycles. The molecular weight excluding hydrogens is 332 g/mol. The lowest BCUT2D eigenvalue weighted by Crippen LogP contribution is -1.92. The Hall–Kier alpha value is -3.58. The number of aliphatic hydroxyl groups is 1. The van der Waals surface area contributed by atoms with Crippen molar-refractivity contribution in [2.45, 2.75) is 6.61 Å². The van der Waals surface area contributed by atoms with Crippen LogP contribution in [-0.4, -0.2) is 25.0 Å². The highest BCUT2D eigenvalue weighted by Crippen LogP contribution is 2.33. The fourth-order valence-electron chi connectivity index (χ4n) is 2.97. The number of nitro benzene ring substituents is 1. The average Bonchev–Trinajstić information content (AvgIpc) is 3.10. The van der Waals surface area contributed by atoms with Crippen molar-refractivity contribution in [2.24, 2.45) is 0 Å². The van der Waals surface area contributed by atoms with Crippen molar-refractivity contribution in [3.63, 3.8) is 0 Å². The number of pyridine rings is 2. The smallest absolute Gasteiger partial charge is 0.270 e. The van der Waals surface area contributed by atoms with Gasteiger partial charge < -0.3 is 10.1 Å². The zero-order valence-electron chi connectivity index (χ0n) is 13.6. The molecule has 128 valence electrons. The number of nitrogens with zero attached hydrogens (tertiary/aromatic N) is 3. The summed E-state index contributed by atoms with van der Waals surface area (Å²) in [6, 6.07) is 12.0. The Balaban J connectivity index is 1.89. The van der Waals surface area contributed by atoms with E-state index in [-0.39, 0.29) is 12.3 Å². The van der Waals surface area contributed by atoms with Gasteiger partial charge in [-0.1, -0.05) is 18.2 Å². The molecule has 0 bridgehead atoms. The summed E-state index contributed by atoms with van der Waals surface area (Å²) < 4.78 is 0. The van der Waals surface area contributed by atoms with Crippen LogP contribution in [0, 0.1) is 10.1 Å². The standard InChI is InChI=1S/C19H14N4O3/c24-11-14-10-22-19-17(14)8-13(9-21-19)16-5-2-6-20-18(16)12-3-1-4-15(7-12)23(25)26/h1-10,24H,11H2,(H,21,22). The molecule has 26 heavy (non-hydrogen) atoms. The minimum absolute atomic E-state index is 0.0147. The molecule has 0 atom stereocenters. The Labute approximate surface area is 148 Å². The summed E-state index contributed by atoms with van der Waals surface area (Å²) >= 11 is 0. The van der Waals surface area contributed by atoms with Crippen molar-refractivity contribution in [1.29, 1.82) is 0 Å². The fourth-order valence-corrected chi connectivity index (χ4v) is 2.97. The second kappa shape index (κ2) is 6.38. The Morgan fingerprint density at radius 1 is 1.12 bits per heavy atom. The maximum atomic E-state index is 11.1. The average molecular weight is 346 g/mol. The summed E-state index contributed by atoms with van der Waals surface area (Å²) in [5, 5.41) is 21.4. The number of aliphatic hydroxyl groups excluding tert-OH is 1. The van der Waals surface area contributed by atoms with Crippen LogP contribution < -0.4 is 0 Å². The van der Waals surface area contributed by atoms with Crippen molar-refractivity contribution in [3.8, 4) is 22.4 Å². The first kappa shape index (κ1) is 15.9. The molecule has 3 heterocycles. The number of nitro groups is 1. The molecule has 0 radical (unpaired) electrons. The number of hydrogen-bond donors (Lipinski definition) is 2. The molecule has 2 N–H and O–H groups in total. The third-order valence-corrected chi connectivity index (χ3v) is 4.24. The van der Waals surface area contributed by atoms with E-state index in [1.165, 1.54) is 12.1 Å². The molecule has 0 saturated carbocycles. The van der Waals surface area contributed by atoms with E-state index in [1.807, 2.05) is 18.2 Å². The van der Waals surface area contributed by atoms with Crippen LogP contribution in [-0.2, 0) is 6.61 Å². The van der Waals surface area contributed by atoms with Crippen LogP contribution in [0.2, 0.25) is 0 Å². The number of H-pyrrole nitrogens is 1. The molecule has 0 amide bonds. The highest BCUT2D eigenvalue weighted by atomic mass is 16.6. The monoisotopic (exact) mass is 346 g/mol. The maximum absolute atomic E-state index is 11.1. The quantitative estimate of drug-likeness (QED) is 0.433. The number of aromatic amines is 1. The normalized spacial score (nSPS) is 11.0. The Morgan fingerprint density at radius 3 is 2.81 bits per heavy atom. The van der Waals surface area contributed by atoms with Crippen LogP contribution in [0.3, 0.4) is 0 Å². The highest BCUT2D eigenvalue weighted by molar-refractivity contribution is 5.88. The van der Waals surface area contributed by atoms with E-state index in [2.05, 4.69) is 15.0 Å². The number of aromatic nitrogens is 3. The van der Waals surface area contributed by atoms with Crippen molar-refractivity contribution < 1.29 is 10.0 Å². The number of benzene rings is 1. The molecule has 0 aliphatic rings. The van der Waals surface area contributed by atoms with E-state index in [0.717, 1.165) is 22.1 Å². The van der Waals surface area contributed by atoms with Gasteiger partial charge in [-0.3, -0.25) is 15.1 Å². The van der Waals surface area contributed by atoms with Gasteiger partial charge in [0.25, 0.3) is 5.69 Å². The van der Waals surface area contributed by atoms with Crippen LogP contribution in [0.5, 0.6) is 0 Å². The number of fused-ring (bicyclic) bond motifs is 1. The van der Waals surface area contributed by atoms with E-state index in [1.54, 1.807) is 30.7 Å². The summed E-state index contributed by atoms with van der Waals surface area (Å²) in [6.07, 6.45) is 5.10. The lowest BCUT2D eigenvalue weighted by atomic mass is 9.99. The second-order valence-corrected chi connectivity index (χ2v) is 5.80. The number of non-ortho nitro benzene ring substituents is 1. The van der Waals surface area contributed by atoms with E-state index in [0.29, 0.717) is 16.9 Å². The number of rotatable bonds is 4. The van der Waals surface area contributed by atoms with Gasteiger partial charge in [0.05, 0.1) is 17.2 Å². The molecule has 0 unspecified atom stereocenters. The molecule has 0 fully saturated rings. The molecular formula is C19H14N4O3. The summed E-state index contributed by atoms with van der Waals surface area (Å²) in [5.74, 6) is 0. The molecule has 7 nitrogen and oxygen atoms in total. The molecule has 0 aliphatic carbocycles. The summed E-state index contributed by atoms with van der Waals surface area (Å²) in [7, 11) is 0. The molecule has 7 heteroatoms. The van der Waals surface area contributed by atoms with Crippen molar-refractivity contribution in [3.05, 3.63) is 76.7 Å². The molecule has 0 spiro atoms. The highest BCUT2D eigenvalue weighted by Gasteiger charge is 2.14. The van der Waals surface area contributed by atoms with Gasteiger partial charge >= 0.3 is 0 Å². The van der Waals surface area contributed by atoms with Gasteiger partial charge in [0.1, 0.15) is 5.65 Å². The maximum Gasteiger partial charge on any atom is 0.270 e. The van der Waals surface area contributed by atoms with Gasteiger partial charge in [-0.25, -0.2) is 4.98 Å². The Bertz CT molecular complexity index is 1120. The third kappa shape index (κ3) is 2.70. The van der Waals surface area contributed by atoms with Gasteiger partial charge in [-0.2, -0.15) is 0 Å². The molecule has 4 aromatic rings. The summed E-state index contributed by atoms with van der Waals surface area (Å²) in [4.78, 5) is 22.5. The van der Waals surface area contributed by atoms with Crippen LogP contribution in [0.25, 0.3) is 33.4 Å². The van der Waals surface area contributed by atoms with E-state index < -0.39 is 4.92 Å². The van der Waals surface area contributed by atoms with Gasteiger partial charge in [0, 0.05) is 58.4 Å². The van der Waals surface area contributed by atoms with E-state index in [4.69, 9.17) is 0 Å². The van der Waals surface area contributed by atoms with Crippen molar-refractivity contribution in [2.75, 3.05) is 0 Å². The van der Waals surface area contributed by atoms with E-state index >= 15 is 0 Å². The molecule has 4 rings (SSSR count). The van der Waals surface area contributed by atoms with Crippen molar-refractivity contribution >= 4 is 16.7 Å². The van der Waals surface area contributed by atoms with Crippen LogP contribution >= 0.6 is 0 Å². The first-order valence-electron chi connectivity index (χ1n) is 7.94. The molecule has 1 aromatic carbocycles. The first-order valence-corrected chi connectivity index (χ1v) is 7.94. The zero-order valence-corrected chi connectivity index (χ0v) is 13.6. The fraction of sp³-hybridized carbons (Fsp3) is 0.0526. The van der Waals surface area contributed by atoms with Crippen LogP contribution in [0.1, 0.15) is 5.56 Å². The van der Waals surface area contributed by atoms with Gasteiger partial charge in [0.15, 0.2) is 0 Å². The predicted molar refractivity (Wildman–Crippen MR) is 97.3 cm³/mol. The first-order chi connectivity index (χ1) is 12.7. The van der Waals surface area contributed by atoms with Crippen LogP contribution in [0.4, 0.5) is 5.69 Å². The minimum Gasteiger partial charge on any atom is -0.392 e. The lowest BCUT2D eigenvalue weighted by molar-refractivity contribution is -0.384. The van der Waals surface area contributed by atoms with Gasteiger partial charge in [0.2, 0.25) is 0 Å². The predicted octanol–water partition coefficient (Wildman–Crippen LogP) is 3.69. The van der Waals surface area contributed by atoms with Crippen molar-refractivity contribution in [1.82, 2.24) is 15.0 Å². The van der Waals surface area contributed by atoms with Gasteiger partial charge in [-0.05, 0) is 12.1 Å². The lowest BCUT2D eigenvalue weighted by Gasteiger charge is -2.09. The molecule has 0 aliphatic heterocycles. The van der Waals surface area contributed by atoms with Crippen LogP contribution in [0.15, 0.2) is 61.1 Å². The summed E-state index contributed by atoms with van der Waals surface area (Å²) in [6.45, 7) is -0.0874. The Kier molecular flexibility index (Phi) is 3.91. The summed E-state index contributed by atoms with van der Waals surface area (Å²) in [5.41, 5.74) is 4.40. The van der Waals surface area contributed by atoms with Gasteiger partial charge in [-0.15, -0.1) is 0 Å². The second-order valence-electron chi connectivity index (χ2n) is 5.80. The zero-order chi connectivity index (χ0) is 18.1. The number of nitrogens with one attached hydrogen (secondary N) is 1. The minimum atomic E-state index is -0.424. The SMILES string of the molecule is O=[N+]([O-])c1cccc(-c2ncccc2-c2cnc3[nH]cc(CO)c3c2)c1. The molecule has 0 saturated heterocycles. The largest absolute Gasteiger partial charge is 0.392 e. The Morgan fingerprint density at radius 2 is 2.00 bits per heavy atom. The van der Waals surface area contributed by atoms with E-state index in [9.17, 15) is 15.2 Å². The number of hydrogen-bond acceptors (Lipinski definition) is 5. The topological polar surface area (TPSA) is 105 Å². The third-order valence-electron chi connectivity index (χ3n) is 4.24.